The maximum atomic E-state index is 8.62. The Balaban J connectivity index is 2.55. The summed E-state index contributed by atoms with van der Waals surface area (Å²) in [7, 11) is 0. The molecule has 4 heteroatoms. The quantitative estimate of drug-likeness (QED) is 0.847. The molecule has 0 aliphatic heterocycles. The fourth-order valence-corrected chi connectivity index (χ4v) is 1.30. The molecular weight excluding hydrogens is 232 g/mol. The number of rotatable bonds is 4. The van der Waals surface area contributed by atoms with E-state index in [-0.39, 0.29) is 12.6 Å². The molecule has 1 rings (SSSR count). The second-order valence-corrected chi connectivity index (χ2v) is 3.79. The number of pyridine rings is 1. The maximum absolute atomic E-state index is 8.62. The summed E-state index contributed by atoms with van der Waals surface area (Å²) in [6, 6.07) is 3.74. The number of aromatic nitrogens is 1. The van der Waals surface area contributed by atoms with E-state index in [9.17, 15) is 0 Å². The van der Waals surface area contributed by atoms with Gasteiger partial charge in [0.25, 0.3) is 0 Å². The van der Waals surface area contributed by atoms with Crippen molar-refractivity contribution >= 4 is 15.9 Å². The smallest absolute Gasteiger partial charge is 0.0571 e. The van der Waals surface area contributed by atoms with Crippen molar-refractivity contribution in [3.8, 4) is 0 Å². The predicted molar refractivity (Wildman–Crippen MR) is 55.2 cm³/mol. The number of halogens is 1. The monoisotopic (exact) mass is 244 g/mol. The molecule has 1 aromatic heterocycles. The number of hydrogen-bond donors (Lipinski definition) is 2. The minimum atomic E-state index is -0.0692. The fourth-order valence-electron chi connectivity index (χ4n) is 1.07. The highest BCUT2D eigenvalue weighted by Crippen LogP contribution is 2.15. The van der Waals surface area contributed by atoms with Gasteiger partial charge in [0.15, 0.2) is 0 Å². The van der Waals surface area contributed by atoms with Crippen molar-refractivity contribution in [2.75, 3.05) is 6.61 Å². The fraction of sp³-hybridized carbons (Fsp3) is 0.444. The molecule has 1 heterocycles. The molecule has 0 fully saturated rings. The third kappa shape index (κ3) is 3.42. The zero-order valence-electron chi connectivity index (χ0n) is 7.28. The molecule has 13 heavy (non-hydrogen) atoms. The highest BCUT2D eigenvalue weighted by Gasteiger charge is 2.05. The van der Waals surface area contributed by atoms with Crippen molar-refractivity contribution in [1.29, 1.82) is 0 Å². The molecule has 0 bridgehead atoms. The van der Waals surface area contributed by atoms with Crippen LogP contribution in [-0.2, 0) is 0 Å². The molecule has 0 saturated heterocycles. The summed E-state index contributed by atoms with van der Waals surface area (Å²) in [4.78, 5) is 4.18. The van der Waals surface area contributed by atoms with Crippen LogP contribution in [0, 0.1) is 0 Å². The van der Waals surface area contributed by atoms with Crippen LogP contribution in [0.15, 0.2) is 22.8 Å². The Bertz CT molecular complexity index is 250. The van der Waals surface area contributed by atoms with Gasteiger partial charge < -0.3 is 10.8 Å². The van der Waals surface area contributed by atoms with Crippen LogP contribution in [0.1, 0.15) is 24.6 Å². The second-order valence-electron chi connectivity index (χ2n) is 2.87. The zero-order valence-corrected chi connectivity index (χ0v) is 8.87. The van der Waals surface area contributed by atoms with Crippen molar-refractivity contribution in [3.63, 3.8) is 0 Å². The minimum Gasteiger partial charge on any atom is -0.396 e. The van der Waals surface area contributed by atoms with Gasteiger partial charge in [0.2, 0.25) is 0 Å². The third-order valence-electron chi connectivity index (χ3n) is 1.80. The first kappa shape index (κ1) is 10.6. The summed E-state index contributed by atoms with van der Waals surface area (Å²) < 4.78 is 0.950. The summed E-state index contributed by atoms with van der Waals surface area (Å²) in [6.45, 7) is 0.185. The van der Waals surface area contributed by atoms with Gasteiger partial charge in [0.1, 0.15) is 0 Å². The summed E-state index contributed by atoms with van der Waals surface area (Å²) in [6.07, 6.45) is 3.22. The molecule has 0 amide bonds. The van der Waals surface area contributed by atoms with Crippen molar-refractivity contribution in [2.24, 2.45) is 5.73 Å². The third-order valence-corrected chi connectivity index (χ3v) is 2.27. The van der Waals surface area contributed by atoms with Crippen LogP contribution in [0.25, 0.3) is 0 Å². The van der Waals surface area contributed by atoms with Gasteiger partial charge in [-0.3, -0.25) is 4.98 Å². The first-order valence-electron chi connectivity index (χ1n) is 4.22. The average Bonchev–Trinajstić information content (AvgIpc) is 2.15. The van der Waals surface area contributed by atoms with Gasteiger partial charge in [-0.2, -0.15) is 0 Å². The molecular formula is C9H13BrN2O. The lowest BCUT2D eigenvalue weighted by atomic mass is 10.1. The second kappa shape index (κ2) is 5.32. The van der Waals surface area contributed by atoms with E-state index in [1.165, 1.54) is 0 Å². The Labute approximate surface area is 86.1 Å². The van der Waals surface area contributed by atoms with Crippen LogP contribution in [0.4, 0.5) is 0 Å². The number of aliphatic hydroxyl groups is 1. The molecule has 0 saturated carbocycles. The Hall–Kier alpha value is -0.450. The van der Waals surface area contributed by atoms with Gasteiger partial charge in [-0.15, -0.1) is 0 Å². The lowest BCUT2D eigenvalue weighted by Crippen LogP contribution is -2.12. The molecule has 3 N–H and O–H groups in total. The maximum Gasteiger partial charge on any atom is 0.0571 e. The Morgan fingerprint density at radius 3 is 2.85 bits per heavy atom. The van der Waals surface area contributed by atoms with Gasteiger partial charge in [-0.25, -0.2) is 0 Å². The van der Waals surface area contributed by atoms with Gasteiger partial charge in [0, 0.05) is 23.3 Å². The predicted octanol–water partition coefficient (Wildman–Crippen LogP) is 1.62. The standard InChI is InChI=1S/C9H13BrN2O/c10-7-3-4-9(12-6-7)8(11)2-1-5-13/h3-4,6,8,13H,1-2,5,11H2/t8-/m0/s1. The number of nitrogens with two attached hydrogens (primary N) is 1. The van der Waals surface area contributed by atoms with Gasteiger partial charge in [-0.1, -0.05) is 0 Å². The van der Waals surface area contributed by atoms with E-state index in [1.807, 2.05) is 12.1 Å². The van der Waals surface area contributed by atoms with E-state index in [4.69, 9.17) is 10.8 Å². The van der Waals surface area contributed by atoms with Gasteiger partial charge in [0.05, 0.1) is 5.69 Å². The van der Waals surface area contributed by atoms with Crippen LogP contribution in [-0.4, -0.2) is 16.7 Å². The van der Waals surface area contributed by atoms with E-state index >= 15 is 0 Å². The highest BCUT2D eigenvalue weighted by molar-refractivity contribution is 9.10. The van der Waals surface area contributed by atoms with Crippen molar-refractivity contribution in [2.45, 2.75) is 18.9 Å². The summed E-state index contributed by atoms with van der Waals surface area (Å²) in [5.74, 6) is 0. The van der Waals surface area contributed by atoms with Gasteiger partial charge >= 0.3 is 0 Å². The van der Waals surface area contributed by atoms with E-state index in [0.29, 0.717) is 0 Å². The highest BCUT2D eigenvalue weighted by atomic mass is 79.9. The number of aliphatic hydroxyl groups excluding tert-OH is 1. The molecule has 0 aliphatic carbocycles. The first-order valence-corrected chi connectivity index (χ1v) is 5.01. The minimum absolute atomic E-state index is 0.0692. The van der Waals surface area contributed by atoms with E-state index in [0.717, 1.165) is 23.0 Å². The summed E-state index contributed by atoms with van der Waals surface area (Å²) in [5.41, 5.74) is 6.71. The first-order chi connectivity index (χ1) is 6.24. The molecule has 1 atom stereocenters. The molecule has 0 aliphatic rings. The Kier molecular flexibility index (Phi) is 4.35. The van der Waals surface area contributed by atoms with E-state index < -0.39 is 0 Å². The summed E-state index contributed by atoms with van der Waals surface area (Å²) in [5, 5.41) is 8.62. The van der Waals surface area contributed by atoms with Crippen LogP contribution in [0.2, 0.25) is 0 Å². The van der Waals surface area contributed by atoms with Gasteiger partial charge in [-0.05, 0) is 40.9 Å². The van der Waals surface area contributed by atoms with E-state index in [1.54, 1.807) is 6.20 Å². The largest absolute Gasteiger partial charge is 0.396 e. The average molecular weight is 245 g/mol. The van der Waals surface area contributed by atoms with E-state index in [2.05, 4.69) is 20.9 Å². The van der Waals surface area contributed by atoms with Crippen molar-refractivity contribution in [1.82, 2.24) is 4.98 Å². The Morgan fingerprint density at radius 1 is 1.54 bits per heavy atom. The normalized spacial score (nSPS) is 12.8. The molecule has 0 radical (unpaired) electrons. The van der Waals surface area contributed by atoms with Crippen molar-refractivity contribution in [3.05, 3.63) is 28.5 Å². The van der Waals surface area contributed by atoms with Crippen LogP contribution < -0.4 is 5.73 Å². The molecule has 3 nitrogen and oxygen atoms in total. The zero-order chi connectivity index (χ0) is 9.68. The topological polar surface area (TPSA) is 59.1 Å². The molecule has 0 unspecified atom stereocenters. The molecule has 72 valence electrons. The Morgan fingerprint density at radius 2 is 2.31 bits per heavy atom. The van der Waals surface area contributed by atoms with Crippen molar-refractivity contribution < 1.29 is 5.11 Å². The van der Waals surface area contributed by atoms with Crippen LogP contribution >= 0.6 is 15.9 Å². The number of nitrogens with zero attached hydrogens (tertiary/aromatic N) is 1. The lowest BCUT2D eigenvalue weighted by molar-refractivity contribution is 0.279. The van der Waals surface area contributed by atoms with Crippen LogP contribution in [0.3, 0.4) is 0 Å². The molecule has 0 aromatic carbocycles. The molecule has 1 aromatic rings. The SMILES string of the molecule is N[C@@H](CCCO)c1ccc(Br)cn1. The lowest BCUT2D eigenvalue weighted by Gasteiger charge is -2.09. The van der Waals surface area contributed by atoms with Crippen LogP contribution in [0.5, 0.6) is 0 Å². The summed E-state index contributed by atoms with van der Waals surface area (Å²) >= 11 is 3.30. The number of hydrogen-bond acceptors (Lipinski definition) is 3. The molecule has 0 spiro atoms.